The lowest BCUT2D eigenvalue weighted by molar-refractivity contribution is -0.134. The Bertz CT molecular complexity index is 1420. The maximum atomic E-state index is 12.7. The molecule has 0 radical (unpaired) electrons. The average molecular weight is 579 g/mol. The number of benzene rings is 1. The van der Waals surface area contributed by atoms with E-state index in [-0.39, 0.29) is 36.5 Å². The monoisotopic (exact) mass is 578 g/mol. The van der Waals surface area contributed by atoms with Crippen molar-refractivity contribution in [1.82, 2.24) is 24.4 Å². The summed E-state index contributed by atoms with van der Waals surface area (Å²) in [6.07, 6.45) is 4.21. The zero-order valence-electron chi connectivity index (χ0n) is 23.2. The molecule has 0 spiro atoms. The van der Waals surface area contributed by atoms with Gasteiger partial charge in [-0.25, -0.2) is 4.79 Å². The Balaban J connectivity index is 1.68. The van der Waals surface area contributed by atoms with Crippen LogP contribution in [-0.4, -0.2) is 71.4 Å². The highest BCUT2D eigenvalue weighted by Crippen LogP contribution is 2.19. The number of carbonyl (C=O) groups excluding carboxylic acids is 1. The number of unbranched alkanes of at least 4 members (excludes halogenated alkanes) is 1. The first-order valence-corrected chi connectivity index (χ1v) is 15.2. The second-order valence-corrected chi connectivity index (χ2v) is 11.0. The predicted molar refractivity (Wildman–Crippen MR) is 151 cm³/mol. The number of hydrogen-bond acceptors (Lipinski definition) is 11. The van der Waals surface area contributed by atoms with Gasteiger partial charge in [0.25, 0.3) is 10.1 Å². The Hall–Kier alpha value is -3.49. The number of nitrogens with one attached hydrogen (secondary N) is 1. The van der Waals surface area contributed by atoms with Crippen molar-refractivity contribution in [2.24, 2.45) is 0 Å². The largest absolute Gasteiger partial charge is 0.463 e. The molecule has 0 aliphatic rings. The van der Waals surface area contributed by atoms with E-state index < -0.39 is 10.1 Å². The zero-order chi connectivity index (χ0) is 29.1. The van der Waals surface area contributed by atoms with E-state index >= 15 is 0 Å². The Morgan fingerprint density at radius 2 is 1.80 bits per heavy atom. The summed E-state index contributed by atoms with van der Waals surface area (Å²) in [7, 11) is -3.52. The van der Waals surface area contributed by atoms with Crippen LogP contribution in [0.4, 0.5) is 5.82 Å². The fourth-order valence-corrected chi connectivity index (χ4v) is 4.38. The Morgan fingerprint density at radius 1 is 1.07 bits per heavy atom. The van der Waals surface area contributed by atoms with Crippen LogP contribution >= 0.6 is 0 Å². The van der Waals surface area contributed by atoms with Gasteiger partial charge in [-0.05, 0) is 37.0 Å². The number of esters is 1. The van der Waals surface area contributed by atoms with Crippen LogP contribution in [0.3, 0.4) is 0 Å². The van der Waals surface area contributed by atoms with Crippen molar-refractivity contribution < 1.29 is 26.9 Å². The number of fused-ring (bicyclic) bond motifs is 1. The summed E-state index contributed by atoms with van der Waals surface area (Å²) in [4.78, 5) is 37.6. The van der Waals surface area contributed by atoms with E-state index in [0.29, 0.717) is 62.5 Å². The summed E-state index contributed by atoms with van der Waals surface area (Å²) in [5.74, 6) is 0.314. The number of rotatable bonds is 17. The summed E-state index contributed by atoms with van der Waals surface area (Å²) in [5.41, 5.74) is 7.44. The molecule has 2 heterocycles. The molecule has 14 heteroatoms. The molecule has 13 nitrogen and oxygen atoms in total. The van der Waals surface area contributed by atoms with Gasteiger partial charge in [0.1, 0.15) is 11.3 Å². The van der Waals surface area contributed by atoms with Gasteiger partial charge in [0.2, 0.25) is 0 Å². The number of imidazole rings is 1. The maximum Gasteiger partial charge on any atom is 0.327 e. The molecule has 0 fully saturated rings. The Labute approximate surface area is 233 Å². The first-order valence-electron chi connectivity index (χ1n) is 13.3. The summed E-state index contributed by atoms with van der Waals surface area (Å²) in [5, 5.41) is 0. The highest BCUT2D eigenvalue weighted by molar-refractivity contribution is 7.85. The number of nitrogen functional groups attached to an aromatic ring is 1. The standard InChI is InChI=1S/C26H38N6O7S/c1-4-6-16-37-25-29-23(27)22-24(30-25)32(26(34)28-22)15-7-13-31(14-8-17-38-40(3,35)36)18-19-9-11-20(12-10-19)39-21(33)5-2/h9-12H,4-8,13-18H2,1-3H3,(H,28,34)(H2,27,29,30). The Kier molecular flexibility index (Phi) is 11.5. The number of aryl methyl sites for hydroxylation is 1. The van der Waals surface area contributed by atoms with Gasteiger partial charge in [0.15, 0.2) is 11.5 Å². The maximum absolute atomic E-state index is 12.7. The first-order chi connectivity index (χ1) is 19.1. The predicted octanol–water partition coefficient (Wildman–Crippen LogP) is 2.45. The minimum atomic E-state index is -3.52. The number of nitrogens with two attached hydrogens (primary N) is 1. The third-order valence-corrected chi connectivity index (χ3v) is 6.58. The van der Waals surface area contributed by atoms with Crippen LogP contribution in [0.1, 0.15) is 51.5 Å². The molecule has 2 aromatic heterocycles. The summed E-state index contributed by atoms with van der Waals surface area (Å²) >= 11 is 0. The zero-order valence-corrected chi connectivity index (χ0v) is 24.0. The molecule has 0 bridgehead atoms. The van der Waals surface area contributed by atoms with Gasteiger partial charge in [-0.2, -0.15) is 18.4 Å². The molecule has 3 aromatic rings. The van der Waals surface area contributed by atoms with Crippen LogP contribution in [0, 0.1) is 0 Å². The molecule has 1 aromatic carbocycles. The summed E-state index contributed by atoms with van der Waals surface area (Å²) < 4.78 is 39.9. The number of hydrogen-bond donors (Lipinski definition) is 2. The minimum Gasteiger partial charge on any atom is -0.463 e. The number of ether oxygens (including phenoxy) is 2. The number of carbonyl (C=O) groups is 1. The van der Waals surface area contributed by atoms with Crippen LogP contribution in [0.25, 0.3) is 11.2 Å². The molecule has 0 unspecified atom stereocenters. The van der Waals surface area contributed by atoms with E-state index in [9.17, 15) is 18.0 Å². The minimum absolute atomic E-state index is 0.0696. The third kappa shape index (κ3) is 9.61. The van der Waals surface area contributed by atoms with Crippen molar-refractivity contribution in [2.75, 3.05) is 38.3 Å². The summed E-state index contributed by atoms with van der Waals surface area (Å²) in [6, 6.07) is 7.37. The van der Waals surface area contributed by atoms with E-state index in [0.717, 1.165) is 24.7 Å². The van der Waals surface area contributed by atoms with Gasteiger partial charge in [0, 0.05) is 32.6 Å². The molecule has 220 valence electrons. The molecule has 0 saturated carbocycles. The lowest BCUT2D eigenvalue weighted by Crippen LogP contribution is -2.28. The van der Waals surface area contributed by atoms with Crippen LogP contribution in [0.5, 0.6) is 11.8 Å². The SMILES string of the molecule is CCCCOc1nc(N)c2[nH]c(=O)n(CCCN(CCCOS(C)(=O)=O)Cc3ccc(OC(=O)CC)cc3)c2n1. The van der Waals surface area contributed by atoms with Gasteiger partial charge in [0.05, 0.1) is 19.5 Å². The summed E-state index contributed by atoms with van der Waals surface area (Å²) in [6.45, 7) is 6.40. The lowest BCUT2D eigenvalue weighted by atomic mass is 10.2. The van der Waals surface area contributed by atoms with Crippen molar-refractivity contribution >= 4 is 33.1 Å². The molecule has 0 saturated heterocycles. The number of aromatic nitrogens is 4. The molecule has 0 amide bonds. The quantitative estimate of drug-likeness (QED) is 0.104. The molecular formula is C26H38N6O7S. The third-order valence-electron chi connectivity index (χ3n) is 5.98. The van der Waals surface area contributed by atoms with Gasteiger partial charge in [-0.3, -0.25) is 18.4 Å². The van der Waals surface area contributed by atoms with Crippen LogP contribution in [0.15, 0.2) is 29.1 Å². The van der Waals surface area contributed by atoms with Crippen molar-refractivity contribution in [1.29, 1.82) is 0 Å². The molecule has 0 aliphatic heterocycles. The smallest absolute Gasteiger partial charge is 0.327 e. The van der Waals surface area contributed by atoms with E-state index in [1.807, 2.05) is 19.1 Å². The van der Waals surface area contributed by atoms with Gasteiger partial charge >= 0.3 is 17.7 Å². The second-order valence-electron chi connectivity index (χ2n) is 9.35. The fraction of sp³-hybridized carbons (Fsp3) is 0.538. The number of nitrogens with zero attached hydrogens (tertiary/aromatic N) is 4. The highest BCUT2D eigenvalue weighted by Gasteiger charge is 2.15. The van der Waals surface area contributed by atoms with Gasteiger partial charge in [-0.1, -0.05) is 32.4 Å². The van der Waals surface area contributed by atoms with Gasteiger partial charge in [-0.15, -0.1) is 0 Å². The van der Waals surface area contributed by atoms with Crippen molar-refractivity contribution in [3.63, 3.8) is 0 Å². The van der Waals surface area contributed by atoms with E-state index in [2.05, 4.69) is 19.9 Å². The van der Waals surface area contributed by atoms with E-state index in [4.69, 9.17) is 19.4 Å². The van der Waals surface area contributed by atoms with E-state index in [1.54, 1.807) is 19.1 Å². The first kappa shape index (κ1) is 31.0. The molecule has 40 heavy (non-hydrogen) atoms. The number of aromatic amines is 1. The van der Waals surface area contributed by atoms with Crippen molar-refractivity contribution in [3.05, 3.63) is 40.3 Å². The highest BCUT2D eigenvalue weighted by atomic mass is 32.2. The lowest BCUT2D eigenvalue weighted by Gasteiger charge is -2.22. The van der Waals surface area contributed by atoms with E-state index in [1.165, 1.54) is 4.57 Å². The fourth-order valence-electron chi connectivity index (χ4n) is 3.96. The average Bonchev–Trinajstić information content (AvgIpc) is 3.22. The molecule has 3 rings (SSSR count). The van der Waals surface area contributed by atoms with Gasteiger partial charge < -0.3 is 20.2 Å². The van der Waals surface area contributed by atoms with Crippen molar-refractivity contribution in [3.8, 4) is 11.8 Å². The van der Waals surface area contributed by atoms with Crippen LogP contribution < -0.4 is 20.9 Å². The Morgan fingerprint density at radius 3 is 2.48 bits per heavy atom. The molecule has 3 N–H and O–H groups in total. The van der Waals surface area contributed by atoms with Crippen LogP contribution in [0.2, 0.25) is 0 Å². The van der Waals surface area contributed by atoms with Crippen LogP contribution in [-0.2, 0) is 32.2 Å². The molecule has 0 atom stereocenters. The molecule has 0 aliphatic carbocycles. The molecular weight excluding hydrogens is 540 g/mol. The van der Waals surface area contributed by atoms with Crippen molar-refractivity contribution in [2.45, 2.75) is 59.0 Å². The second kappa shape index (κ2) is 14.8. The topological polar surface area (TPSA) is 172 Å². The number of anilines is 1. The number of H-pyrrole nitrogens is 1. The normalized spacial score (nSPS) is 11.8.